The number of carboxylic acid groups (broad SMARTS) is 1. The summed E-state index contributed by atoms with van der Waals surface area (Å²) in [7, 11) is 3.23. The Bertz CT molecular complexity index is 606. The number of carbonyl (C=O) groups is 1. The summed E-state index contributed by atoms with van der Waals surface area (Å²) in [6.45, 7) is 0.370. The number of imidazole rings is 1. The molecule has 2 rings (SSSR count). The fourth-order valence-electron chi connectivity index (χ4n) is 1.61. The third kappa shape index (κ3) is 2.59. The smallest absolute Gasteiger partial charge is 0.358 e. The zero-order chi connectivity index (χ0) is 14.0. The summed E-state index contributed by atoms with van der Waals surface area (Å²) in [5, 5.41) is 16.9. The van der Waals surface area contributed by atoms with E-state index in [9.17, 15) is 4.79 Å². The first-order valence-electron chi connectivity index (χ1n) is 5.35. The predicted molar refractivity (Wildman–Crippen MR) is 65.0 cm³/mol. The second-order valence-electron chi connectivity index (χ2n) is 3.84. The highest BCUT2D eigenvalue weighted by molar-refractivity contribution is 6.29. The van der Waals surface area contributed by atoms with Gasteiger partial charge < -0.3 is 14.4 Å². The topological polar surface area (TPSA) is 95.1 Å². The van der Waals surface area contributed by atoms with Crippen LogP contribution in [-0.4, -0.2) is 42.7 Å². The summed E-state index contributed by atoms with van der Waals surface area (Å²) >= 11 is 5.89. The monoisotopic (exact) mass is 285 g/mol. The molecule has 0 fully saturated rings. The Morgan fingerprint density at radius 1 is 1.58 bits per heavy atom. The van der Waals surface area contributed by atoms with Gasteiger partial charge in [0, 0.05) is 14.2 Å². The molecule has 2 aromatic rings. The SMILES string of the molecule is COCc1c(C(=O)O)nnn1Cc1ncc(Cl)n1C. The van der Waals surface area contributed by atoms with E-state index in [4.69, 9.17) is 21.4 Å². The van der Waals surface area contributed by atoms with E-state index in [0.29, 0.717) is 16.7 Å². The molecule has 0 aliphatic heterocycles. The molecular weight excluding hydrogens is 274 g/mol. The Labute approximate surface area is 113 Å². The predicted octanol–water partition coefficient (Wildman–Crippen LogP) is 0.558. The summed E-state index contributed by atoms with van der Waals surface area (Å²) in [6.07, 6.45) is 1.52. The average molecular weight is 286 g/mol. The number of nitrogens with zero attached hydrogens (tertiary/aromatic N) is 5. The Morgan fingerprint density at radius 2 is 2.32 bits per heavy atom. The third-order valence-corrected chi connectivity index (χ3v) is 2.99. The van der Waals surface area contributed by atoms with Crippen LogP contribution in [-0.2, 0) is 24.9 Å². The normalized spacial score (nSPS) is 10.9. The van der Waals surface area contributed by atoms with Crippen LogP contribution in [0, 0.1) is 0 Å². The van der Waals surface area contributed by atoms with Crippen LogP contribution in [0.1, 0.15) is 22.0 Å². The van der Waals surface area contributed by atoms with E-state index in [-0.39, 0.29) is 18.8 Å². The average Bonchev–Trinajstić information content (AvgIpc) is 2.89. The molecule has 19 heavy (non-hydrogen) atoms. The molecule has 0 spiro atoms. The van der Waals surface area contributed by atoms with Gasteiger partial charge in [0.1, 0.15) is 17.5 Å². The molecule has 8 nitrogen and oxygen atoms in total. The molecule has 0 aromatic carbocycles. The highest BCUT2D eigenvalue weighted by Crippen LogP contribution is 2.13. The molecule has 1 N–H and O–H groups in total. The largest absolute Gasteiger partial charge is 0.476 e. The van der Waals surface area contributed by atoms with Crippen molar-refractivity contribution in [3.63, 3.8) is 0 Å². The quantitative estimate of drug-likeness (QED) is 0.862. The first kappa shape index (κ1) is 13.5. The maximum atomic E-state index is 11.0. The number of ether oxygens (including phenoxy) is 1. The number of halogens is 1. The number of hydrogen-bond acceptors (Lipinski definition) is 5. The van der Waals surface area contributed by atoms with Crippen molar-refractivity contribution in [1.82, 2.24) is 24.5 Å². The number of rotatable bonds is 5. The highest BCUT2D eigenvalue weighted by atomic mass is 35.5. The van der Waals surface area contributed by atoms with E-state index >= 15 is 0 Å². The molecule has 0 bridgehead atoms. The van der Waals surface area contributed by atoms with Crippen molar-refractivity contribution < 1.29 is 14.6 Å². The van der Waals surface area contributed by atoms with Crippen molar-refractivity contribution in [2.75, 3.05) is 7.11 Å². The van der Waals surface area contributed by atoms with Gasteiger partial charge in [0.15, 0.2) is 5.69 Å². The molecule has 0 radical (unpaired) electrons. The minimum Gasteiger partial charge on any atom is -0.476 e. The van der Waals surface area contributed by atoms with Gasteiger partial charge in [-0.05, 0) is 0 Å². The lowest BCUT2D eigenvalue weighted by Gasteiger charge is -2.06. The van der Waals surface area contributed by atoms with Gasteiger partial charge in [-0.1, -0.05) is 16.8 Å². The van der Waals surface area contributed by atoms with Gasteiger partial charge in [0.2, 0.25) is 0 Å². The maximum Gasteiger partial charge on any atom is 0.358 e. The Morgan fingerprint density at radius 3 is 2.84 bits per heavy atom. The number of aromatic carboxylic acids is 1. The first-order valence-corrected chi connectivity index (χ1v) is 5.73. The Kier molecular flexibility index (Phi) is 3.82. The maximum absolute atomic E-state index is 11.0. The number of hydrogen-bond donors (Lipinski definition) is 1. The molecule has 2 heterocycles. The van der Waals surface area contributed by atoms with Gasteiger partial charge in [-0.2, -0.15) is 0 Å². The van der Waals surface area contributed by atoms with E-state index < -0.39 is 5.97 Å². The van der Waals surface area contributed by atoms with Crippen LogP contribution in [0.5, 0.6) is 0 Å². The molecule has 0 unspecified atom stereocenters. The molecular formula is C10H12ClN5O3. The molecule has 9 heteroatoms. The van der Waals surface area contributed by atoms with Crippen molar-refractivity contribution in [3.8, 4) is 0 Å². The van der Waals surface area contributed by atoms with Gasteiger partial charge >= 0.3 is 5.97 Å². The molecule has 102 valence electrons. The molecule has 0 saturated heterocycles. The van der Waals surface area contributed by atoms with Gasteiger partial charge in [0.05, 0.1) is 18.5 Å². The van der Waals surface area contributed by atoms with Gasteiger partial charge in [-0.25, -0.2) is 14.5 Å². The van der Waals surface area contributed by atoms with Crippen molar-refractivity contribution in [3.05, 3.63) is 28.6 Å². The fourth-order valence-corrected chi connectivity index (χ4v) is 1.76. The van der Waals surface area contributed by atoms with Crippen LogP contribution in [0.15, 0.2) is 6.20 Å². The molecule has 0 amide bonds. The molecule has 0 saturated carbocycles. The van der Waals surface area contributed by atoms with Crippen molar-refractivity contribution >= 4 is 17.6 Å². The van der Waals surface area contributed by atoms with E-state index in [1.165, 1.54) is 18.0 Å². The van der Waals surface area contributed by atoms with Crippen molar-refractivity contribution in [2.45, 2.75) is 13.2 Å². The number of methoxy groups -OCH3 is 1. The summed E-state index contributed by atoms with van der Waals surface area (Å²) in [5.74, 6) is -0.500. The summed E-state index contributed by atoms with van der Waals surface area (Å²) < 4.78 is 8.09. The van der Waals surface area contributed by atoms with Crippen LogP contribution in [0.3, 0.4) is 0 Å². The van der Waals surface area contributed by atoms with E-state index in [1.54, 1.807) is 11.6 Å². The number of aromatic nitrogens is 5. The summed E-state index contributed by atoms with van der Waals surface area (Å²) in [5.41, 5.74) is 0.260. The Hall–Kier alpha value is -1.93. The zero-order valence-electron chi connectivity index (χ0n) is 10.4. The van der Waals surface area contributed by atoms with Crippen molar-refractivity contribution in [2.24, 2.45) is 7.05 Å². The molecule has 2 aromatic heterocycles. The van der Waals surface area contributed by atoms with E-state index in [0.717, 1.165) is 0 Å². The van der Waals surface area contributed by atoms with Crippen LogP contribution in [0.4, 0.5) is 0 Å². The Balaban J connectivity index is 2.34. The van der Waals surface area contributed by atoms with Crippen LogP contribution >= 0.6 is 11.6 Å². The zero-order valence-corrected chi connectivity index (χ0v) is 11.1. The minimum atomic E-state index is -1.14. The summed E-state index contributed by atoms with van der Waals surface area (Å²) in [6, 6.07) is 0. The molecule has 0 aliphatic rings. The van der Waals surface area contributed by atoms with Gasteiger partial charge in [0.25, 0.3) is 0 Å². The van der Waals surface area contributed by atoms with Gasteiger partial charge in [-0.3, -0.25) is 0 Å². The number of carboxylic acids is 1. The lowest BCUT2D eigenvalue weighted by molar-refractivity contribution is 0.0684. The standard InChI is InChI=1S/C10H12ClN5O3/c1-15-7(11)3-12-8(15)4-16-6(5-19-2)9(10(17)18)13-14-16/h3H,4-5H2,1-2H3,(H,17,18). The van der Waals surface area contributed by atoms with E-state index in [1.807, 2.05) is 0 Å². The lowest BCUT2D eigenvalue weighted by atomic mass is 10.3. The van der Waals surface area contributed by atoms with Gasteiger partial charge in [-0.15, -0.1) is 5.10 Å². The van der Waals surface area contributed by atoms with Crippen LogP contribution in [0.2, 0.25) is 5.15 Å². The molecule has 0 atom stereocenters. The second-order valence-corrected chi connectivity index (χ2v) is 4.22. The van der Waals surface area contributed by atoms with Crippen LogP contribution < -0.4 is 0 Å². The van der Waals surface area contributed by atoms with Crippen molar-refractivity contribution in [1.29, 1.82) is 0 Å². The summed E-state index contributed by atoms with van der Waals surface area (Å²) in [4.78, 5) is 15.1. The minimum absolute atomic E-state index is 0.104. The van der Waals surface area contributed by atoms with Crippen LogP contribution in [0.25, 0.3) is 0 Å². The second kappa shape index (κ2) is 5.37. The van der Waals surface area contributed by atoms with E-state index in [2.05, 4.69) is 15.3 Å². The lowest BCUT2D eigenvalue weighted by Crippen LogP contribution is -2.13. The fraction of sp³-hybridized carbons (Fsp3) is 0.400. The molecule has 0 aliphatic carbocycles. The highest BCUT2D eigenvalue weighted by Gasteiger charge is 2.19. The third-order valence-electron chi connectivity index (χ3n) is 2.64. The first-order chi connectivity index (χ1) is 9.04.